The van der Waals surface area contributed by atoms with Gasteiger partial charge in [-0.25, -0.2) is 0 Å². The van der Waals surface area contributed by atoms with Gasteiger partial charge in [-0.3, -0.25) is 0 Å². The third-order valence-electron chi connectivity index (χ3n) is 4.62. The van der Waals surface area contributed by atoms with Gasteiger partial charge in [-0.1, -0.05) is 39.0 Å². The van der Waals surface area contributed by atoms with E-state index < -0.39 is 0 Å². The van der Waals surface area contributed by atoms with Crippen molar-refractivity contribution >= 4 is 27.3 Å². The topological polar surface area (TPSA) is 12.0 Å². The zero-order valence-corrected chi connectivity index (χ0v) is 14.5. The second-order valence-corrected chi connectivity index (χ2v) is 7.46. The predicted octanol–water partition coefficient (Wildman–Crippen LogP) is 5.77. The first-order valence-electron chi connectivity index (χ1n) is 7.65. The van der Waals surface area contributed by atoms with Crippen LogP contribution in [0.3, 0.4) is 0 Å². The van der Waals surface area contributed by atoms with E-state index in [0.717, 1.165) is 11.8 Å². The van der Waals surface area contributed by atoms with Crippen LogP contribution in [0.2, 0.25) is 0 Å². The van der Waals surface area contributed by atoms with Gasteiger partial charge in [0, 0.05) is 15.9 Å². The molecule has 0 aliphatic heterocycles. The Morgan fingerprint density at radius 3 is 2.58 bits per heavy atom. The summed E-state index contributed by atoms with van der Waals surface area (Å²) in [5.74, 6) is 1.81. The maximum atomic E-state index is 3.69. The molecular weight excluding hydrogens is 318 g/mol. The van der Waals surface area contributed by atoms with Crippen LogP contribution in [0.15, 0.2) is 15.2 Å². The standard InChI is InChI=1S/C16H26BrNS/c1-3-4-5-12-6-8-13(9-7-12)16(18-2)14-10-19-11-15(14)17/h10-13,16,18H,3-9H2,1-2H3. The van der Waals surface area contributed by atoms with E-state index in [-0.39, 0.29) is 0 Å². The third kappa shape index (κ3) is 4.05. The lowest BCUT2D eigenvalue weighted by atomic mass is 9.76. The van der Waals surface area contributed by atoms with Crippen LogP contribution in [0.1, 0.15) is 63.5 Å². The fourth-order valence-electron chi connectivity index (χ4n) is 3.46. The maximum absolute atomic E-state index is 3.69. The van der Waals surface area contributed by atoms with Gasteiger partial charge in [0.2, 0.25) is 0 Å². The molecule has 1 nitrogen and oxygen atoms in total. The highest BCUT2D eigenvalue weighted by Crippen LogP contribution is 2.40. The molecule has 1 N–H and O–H groups in total. The molecule has 0 amide bonds. The Bertz CT molecular complexity index is 369. The van der Waals surface area contributed by atoms with E-state index in [0.29, 0.717) is 6.04 Å². The van der Waals surface area contributed by atoms with Gasteiger partial charge < -0.3 is 5.32 Å². The molecule has 1 atom stereocenters. The highest BCUT2D eigenvalue weighted by Gasteiger charge is 2.28. The first-order valence-corrected chi connectivity index (χ1v) is 9.38. The van der Waals surface area contributed by atoms with E-state index in [4.69, 9.17) is 0 Å². The summed E-state index contributed by atoms with van der Waals surface area (Å²) in [6.45, 7) is 2.30. The van der Waals surface area contributed by atoms with E-state index in [1.54, 1.807) is 11.3 Å². The van der Waals surface area contributed by atoms with Crippen molar-refractivity contribution in [3.8, 4) is 0 Å². The van der Waals surface area contributed by atoms with Crippen LogP contribution in [0, 0.1) is 11.8 Å². The smallest absolute Gasteiger partial charge is 0.0365 e. The van der Waals surface area contributed by atoms with Gasteiger partial charge in [0.05, 0.1) is 0 Å². The summed E-state index contributed by atoms with van der Waals surface area (Å²) in [4.78, 5) is 0. The number of unbranched alkanes of at least 4 members (excludes halogenated alkanes) is 1. The molecule has 1 saturated carbocycles. The maximum Gasteiger partial charge on any atom is 0.0365 e. The summed E-state index contributed by atoms with van der Waals surface area (Å²) in [5.41, 5.74) is 1.46. The van der Waals surface area contributed by atoms with Crippen LogP contribution in [0.4, 0.5) is 0 Å². The fraction of sp³-hybridized carbons (Fsp3) is 0.750. The molecule has 1 aromatic rings. The lowest BCUT2D eigenvalue weighted by Gasteiger charge is -2.34. The third-order valence-corrected chi connectivity index (χ3v) is 6.37. The minimum absolute atomic E-state index is 0.535. The molecular formula is C16H26BrNS. The quantitative estimate of drug-likeness (QED) is 0.691. The minimum Gasteiger partial charge on any atom is -0.313 e. The van der Waals surface area contributed by atoms with Crippen molar-refractivity contribution in [2.75, 3.05) is 7.05 Å². The Morgan fingerprint density at radius 2 is 2.05 bits per heavy atom. The number of hydrogen-bond donors (Lipinski definition) is 1. The molecule has 0 aromatic carbocycles. The van der Waals surface area contributed by atoms with E-state index in [9.17, 15) is 0 Å². The Labute approximate surface area is 130 Å². The lowest BCUT2D eigenvalue weighted by molar-refractivity contribution is 0.218. The lowest BCUT2D eigenvalue weighted by Crippen LogP contribution is -2.28. The first-order chi connectivity index (χ1) is 9.26. The molecule has 0 saturated heterocycles. The van der Waals surface area contributed by atoms with Crippen LogP contribution in [0.5, 0.6) is 0 Å². The number of rotatable bonds is 6. The highest BCUT2D eigenvalue weighted by atomic mass is 79.9. The van der Waals surface area contributed by atoms with Crippen molar-refractivity contribution in [2.45, 2.75) is 57.9 Å². The number of hydrogen-bond acceptors (Lipinski definition) is 2. The Hall–Kier alpha value is 0.140. The molecule has 0 bridgehead atoms. The summed E-state index contributed by atoms with van der Waals surface area (Å²) < 4.78 is 1.28. The predicted molar refractivity (Wildman–Crippen MR) is 88.8 cm³/mol. The highest BCUT2D eigenvalue weighted by molar-refractivity contribution is 9.10. The Balaban J connectivity index is 1.90. The van der Waals surface area contributed by atoms with Crippen molar-refractivity contribution in [3.63, 3.8) is 0 Å². The van der Waals surface area contributed by atoms with E-state index in [1.165, 1.54) is 55.0 Å². The van der Waals surface area contributed by atoms with Crippen molar-refractivity contribution in [1.82, 2.24) is 5.32 Å². The van der Waals surface area contributed by atoms with Crippen molar-refractivity contribution in [3.05, 3.63) is 20.8 Å². The molecule has 3 heteroatoms. The number of thiophene rings is 1. The van der Waals surface area contributed by atoms with Gasteiger partial charge in [-0.15, -0.1) is 0 Å². The summed E-state index contributed by atoms with van der Waals surface area (Å²) in [7, 11) is 2.11. The van der Waals surface area contributed by atoms with E-state index in [1.807, 2.05) is 0 Å². The molecule has 108 valence electrons. The average Bonchev–Trinajstić information content (AvgIpc) is 2.85. The molecule has 1 fully saturated rings. The second-order valence-electron chi connectivity index (χ2n) is 5.86. The van der Waals surface area contributed by atoms with Crippen LogP contribution >= 0.6 is 27.3 Å². The minimum atomic E-state index is 0.535. The van der Waals surface area contributed by atoms with Crippen molar-refractivity contribution in [2.24, 2.45) is 11.8 Å². The molecule has 0 radical (unpaired) electrons. The molecule has 1 aromatic heterocycles. The summed E-state index contributed by atoms with van der Waals surface area (Å²) in [5, 5.41) is 8.05. The summed E-state index contributed by atoms with van der Waals surface area (Å²) in [6.07, 6.45) is 9.87. The zero-order valence-electron chi connectivity index (χ0n) is 12.1. The van der Waals surface area contributed by atoms with Gasteiger partial charge in [-0.05, 0) is 58.6 Å². The normalized spacial score (nSPS) is 25.4. The van der Waals surface area contributed by atoms with Crippen LogP contribution in [-0.2, 0) is 0 Å². The van der Waals surface area contributed by atoms with Gasteiger partial charge in [0.1, 0.15) is 0 Å². The van der Waals surface area contributed by atoms with E-state index >= 15 is 0 Å². The van der Waals surface area contributed by atoms with Crippen molar-refractivity contribution < 1.29 is 0 Å². The first kappa shape index (κ1) is 15.5. The average molecular weight is 344 g/mol. The van der Waals surface area contributed by atoms with Crippen LogP contribution < -0.4 is 5.32 Å². The number of halogens is 1. The largest absolute Gasteiger partial charge is 0.313 e. The van der Waals surface area contributed by atoms with Gasteiger partial charge in [0.15, 0.2) is 0 Å². The zero-order chi connectivity index (χ0) is 13.7. The Morgan fingerprint density at radius 1 is 1.32 bits per heavy atom. The molecule has 1 aliphatic rings. The van der Waals surface area contributed by atoms with Crippen LogP contribution in [-0.4, -0.2) is 7.05 Å². The molecule has 1 unspecified atom stereocenters. The molecule has 0 spiro atoms. The Kier molecular flexibility index (Phi) is 6.37. The number of nitrogens with one attached hydrogen (secondary N) is 1. The van der Waals surface area contributed by atoms with Crippen LogP contribution in [0.25, 0.3) is 0 Å². The fourth-order valence-corrected chi connectivity index (χ4v) is 5.04. The molecule has 19 heavy (non-hydrogen) atoms. The molecule has 1 heterocycles. The molecule has 2 rings (SSSR count). The van der Waals surface area contributed by atoms with E-state index in [2.05, 4.69) is 46.0 Å². The van der Waals surface area contributed by atoms with Gasteiger partial charge in [0.25, 0.3) is 0 Å². The summed E-state index contributed by atoms with van der Waals surface area (Å²) >= 11 is 5.49. The second kappa shape index (κ2) is 7.80. The monoisotopic (exact) mass is 343 g/mol. The summed E-state index contributed by atoms with van der Waals surface area (Å²) in [6, 6.07) is 0.535. The van der Waals surface area contributed by atoms with Gasteiger partial charge in [-0.2, -0.15) is 11.3 Å². The molecule has 1 aliphatic carbocycles. The van der Waals surface area contributed by atoms with Crippen molar-refractivity contribution in [1.29, 1.82) is 0 Å². The SMILES string of the molecule is CCCCC1CCC(C(NC)c2cscc2Br)CC1. The van der Waals surface area contributed by atoms with Gasteiger partial charge >= 0.3 is 0 Å².